The zero-order chi connectivity index (χ0) is 13.0. The van der Waals surface area contributed by atoms with E-state index in [1.165, 1.54) is 5.56 Å². The molecule has 0 aromatic heterocycles. The molecule has 0 saturated carbocycles. The van der Waals surface area contributed by atoms with E-state index in [2.05, 4.69) is 19.1 Å². The van der Waals surface area contributed by atoms with Gasteiger partial charge in [0.05, 0.1) is 0 Å². The molecule has 0 heterocycles. The lowest BCUT2D eigenvalue weighted by atomic mass is 10.0. The van der Waals surface area contributed by atoms with Crippen LogP contribution in [-0.2, 0) is 13.0 Å². The average molecular weight is 243 g/mol. The Morgan fingerprint density at radius 1 is 1.00 bits per heavy atom. The Morgan fingerprint density at radius 3 is 2.22 bits per heavy atom. The van der Waals surface area contributed by atoms with Crippen molar-refractivity contribution in [3.05, 3.63) is 59.4 Å². The minimum absolute atomic E-state index is 0.229. The van der Waals surface area contributed by atoms with Crippen LogP contribution in [0, 0.1) is 5.82 Å². The van der Waals surface area contributed by atoms with Gasteiger partial charge in [0.15, 0.2) is 0 Å². The van der Waals surface area contributed by atoms with Crippen LogP contribution in [0.1, 0.15) is 24.5 Å². The molecule has 0 aliphatic rings. The van der Waals surface area contributed by atoms with E-state index in [9.17, 15) is 4.39 Å². The van der Waals surface area contributed by atoms with Gasteiger partial charge < -0.3 is 5.73 Å². The second kappa shape index (κ2) is 5.78. The van der Waals surface area contributed by atoms with E-state index in [0.717, 1.165) is 24.0 Å². The van der Waals surface area contributed by atoms with Crippen molar-refractivity contribution in [3.63, 3.8) is 0 Å². The van der Waals surface area contributed by atoms with Gasteiger partial charge in [0.1, 0.15) is 5.82 Å². The molecule has 18 heavy (non-hydrogen) atoms. The fourth-order valence-corrected chi connectivity index (χ4v) is 2.04. The number of benzene rings is 2. The number of aryl methyl sites for hydroxylation is 1. The van der Waals surface area contributed by atoms with Gasteiger partial charge in [-0.3, -0.25) is 0 Å². The predicted octanol–water partition coefficient (Wildman–Crippen LogP) is 3.90. The summed E-state index contributed by atoms with van der Waals surface area (Å²) in [5, 5.41) is 0. The van der Waals surface area contributed by atoms with Crippen LogP contribution in [0.4, 0.5) is 4.39 Å². The molecule has 0 saturated heterocycles. The highest BCUT2D eigenvalue weighted by Crippen LogP contribution is 2.22. The lowest BCUT2D eigenvalue weighted by molar-refractivity contribution is 0.611. The van der Waals surface area contributed by atoms with Crippen LogP contribution in [-0.4, -0.2) is 0 Å². The molecule has 2 heteroatoms. The summed E-state index contributed by atoms with van der Waals surface area (Å²) < 4.78 is 13.7. The van der Waals surface area contributed by atoms with Crippen LogP contribution in [0.25, 0.3) is 11.1 Å². The number of rotatable bonds is 4. The number of nitrogens with two attached hydrogens (primary N) is 1. The van der Waals surface area contributed by atoms with Crippen LogP contribution in [0.2, 0.25) is 0 Å². The third-order valence-electron chi connectivity index (χ3n) is 3.10. The third-order valence-corrected chi connectivity index (χ3v) is 3.10. The van der Waals surface area contributed by atoms with E-state index in [1.807, 2.05) is 18.2 Å². The molecule has 0 fully saturated rings. The Labute approximate surface area is 107 Å². The molecule has 2 aromatic rings. The van der Waals surface area contributed by atoms with Crippen LogP contribution >= 0.6 is 0 Å². The Kier molecular flexibility index (Phi) is 4.11. The summed E-state index contributed by atoms with van der Waals surface area (Å²) in [5.74, 6) is -0.229. The first-order chi connectivity index (χ1) is 8.74. The molecule has 2 rings (SSSR count). The molecule has 0 spiro atoms. The predicted molar refractivity (Wildman–Crippen MR) is 73.7 cm³/mol. The van der Waals surface area contributed by atoms with Crippen LogP contribution < -0.4 is 5.73 Å². The van der Waals surface area contributed by atoms with Crippen molar-refractivity contribution in [2.45, 2.75) is 26.3 Å². The van der Waals surface area contributed by atoms with Crippen molar-refractivity contribution in [1.29, 1.82) is 0 Å². The Morgan fingerprint density at radius 2 is 1.67 bits per heavy atom. The summed E-state index contributed by atoms with van der Waals surface area (Å²) in [4.78, 5) is 0. The van der Waals surface area contributed by atoms with E-state index < -0.39 is 0 Å². The van der Waals surface area contributed by atoms with Crippen molar-refractivity contribution in [3.8, 4) is 11.1 Å². The summed E-state index contributed by atoms with van der Waals surface area (Å²) >= 11 is 0. The topological polar surface area (TPSA) is 26.0 Å². The lowest BCUT2D eigenvalue weighted by Crippen LogP contribution is -1.99. The highest BCUT2D eigenvalue weighted by Gasteiger charge is 2.04. The summed E-state index contributed by atoms with van der Waals surface area (Å²) in [7, 11) is 0. The summed E-state index contributed by atoms with van der Waals surface area (Å²) in [6.45, 7) is 2.40. The van der Waals surface area contributed by atoms with Gasteiger partial charge in [0.25, 0.3) is 0 Å². The van der Waals surface area contributed by atoms with Gasteiger partial charge in [0, 0.05) is 12.1 Å². The monoisotopic (exact) mass is 243 g/mol. The maximum absolute atomic E-state index is 13.7. The largest absolute Gasteiger partial charge is 0.326 e. The van der Waals surface area contributed by atoms with Crippen molar-refractivity contribution in [2.75, 3.05) is 0 Å². The highest BCUT2D eigenvalue weighted by atomic mass is 19.1. The Bertz CT molecular complexity index is 517. The van der Waals surface area contributed by atoms with E-state index in [-0.39, 0.29) is 12.4 Å². The standard InChI is InChI=1S/C16H18FN/c1-2-3-12-4-6-13(7-5-12)14-8-9-15(11-18)16(17)10-14/h4-10H,2-3,11,18H2,1H3. The van der Waals surface area contributed by atoms with Gasteiger partial charge in [-0.05, 0) is 29.2 Å². The second-order valence-electron chi connectivity index (χ2n) is 4.46. The van der Waals surface area contributed by atoms with Gasteiger partial charge in [-0.2, -0.15) is 0 Å². The normalized spacial score (nSPS) is 10.6. The molecule has 0 unspecified atom stereocenters. The van der Waals surface area contributed by atoms with Crippen molar-refractivity contribution >= 4 is 0 Å². The van der Waals surface area contributed by atoms with Gasteiger partial charge in [-0.25, -0.2) is 4.39 Å². The fraction of sp³-hybridized carbons (Fsp3) is 0.250. The number of hydrogen-bond donors (Lipinski definition) is 1. The first-order valence-electron chi connectivity index (χ1n) is 6.32. The molecule has 0 bridgehead atoms. The number of halogens is 1. The zero-order valence-electron chi connectivity index (χ0n) is 10.6. The minimum atomic E-state index is -0.229. The van der Waals surface area contributed by atoms with E-state index in [4.69, 9.17) is 5.73 Å². The van der Waals surface area contributed by atoms with Crippen LogP contribution in [0.5, 0.6) is 0 Å². The Balaban J connectivity index is 2.28. The molecule has 0 aliphatic heterocycles. The minimum Gasteiger partial charge on any atom is -0.326 e. The molecular weight excluding hydrogens is 225 g/mol. The highest BCUT2D eigenvalue weighted by molar-refractivity contribution is 5.64. The summed E-state index contributed by atoms with van der Waals surface area (Å²) in [6, 6.07) is 13.5. The fourth-order valence-electron chi connectivity index (χ4n) is 2.04. The lowest BCUT2D eigenvalue weighted by Gasteiger charge is -2.06. The van der Waals surface area contributed by atoms with Crippen LogP contribution in [0.3, 0.4) is 0 Å². The SMILES string of the molecule is CCCc1ccc(-c2ccc(CN)c(F)c2)cc1. The van der Waals surface area contributed by atoms with Crippen molar-refractivity contribution in [1.82, 2.24) is 0 Å². The van der Waals surface area contributed by atoms with Gasteiger partial charge in [-0.1, -0.05) is 49.7 Å². The maximum atomic E-state index is 13.7. The zero-order valence-corrected chi connectivity index (χ0v) is 10.6. The quantitative estimate of drug-likeness (QED) is 0.865. The molecule has 0 aliphatic carbocycles. The smallest absolute Gasteiger partial charge is 0.128 e. The molecular formula is C16H18FN. The molecule has 1 nitrogen and oxygen atoms in total. The van der Waals surface area contributed by atoms with Crippen LogP contribution in [0.15, 0.2) is 42.5 Å². The molecule has 2 N–H and O–H groups in total. The van der Waals surface area contributed by atoms with Crippen molar-refractivity contribution in [2.24, 2.45) is 5.73 Å². The van der Waals surface area contributed by atoms with Gasteiger partial charge in [-0.15, -0.1) is 0 Å². The molecule has 94 valence electrons. The number of hydrogen-bond acceptors (Lipinski definition) is 1. The molecule has 0 radical (unpaired) electrons. The second-order valence-corrected chi connectivity index (χ2v) is 4.46. The van der Waals surface area contributed by atoms with E-state index >= 15 is 0 Å². The van der Waals surface area contributed by atoms with E-state index in [1.54, 1.807) is 12.1 Å². The Hall–Kier alpha value is -1.67. The summed E-state index contributed by atoms with van der Waals surface area (Å²) in [6.07, 6.45) is 2.22. The van der Waals surface area contributed by atoms with Crippen molar-refractivity contribution < 1.29 is 4.39 Å². The van der Waals surface area contributed by atoms with Gasteiger partial charge in [0.2, 0.25) is 0 Å². The van der Waals surface area contributed by atoms with Gasteiger partial charge >= 0.3 is 0 Å². The van der Waals surface area contributed by atoms with E-state index in [0.29, 0.717) is 5.56 Å². The molecule has 0 amide bonds. The third kappa shape index (κ3) is 2.77. The first-order valence-corrected chi connectivity index (χ1v) is 6.32. The maximum Gasteiger partial charge on any atom is 0.128 e. The summed E-state index contributed by atoms with van der Waals surface area (Å²) in [5.41, 5.74) is 9.26. The average Bonchev–Trinajstić information content (AvgIpc) is 2.40. The first kappa shape index (κ1) is 12.8. The molecule has 2 aromatic carbocycles. The molecule has 0 atom stereocenters.